The lowest BCUT2D eigenvalue weighted by Gasteiger charge is -2.15. The first-order valence-corrected chi connectivity index (χ1v) is 12.4. The van der Waals surface area contributed by atoms with Gasteiger partial charge in [-0.3, -0.25) is 9.19 Å². The van der Waals surface area contributed by atoms with Crippen molar-refractivity contribution in [3.63, 3.8) is 0 Å². The Morgan fingerprint density at radius 1 is 0.548 bits per heavy atom. The average molecular weight is 450 g/mol. The van der Waals surface area contributed by atoms with Gasteiger partial charge in [-0.15, -0.1) is 0 Å². The van der Waals surface area contributed by atoms with E-state index in [-0.39, 0.29) is 0 Å². The fourth-order valence-corrected chi connectivity index (χ4v) is 6.02. The fourth-order valence-electron chi connectivity index (χ4n) is 2.92. The van der Waals surface area contributed by atoms with Crippen LogP contribution in [0.2, 0.25) is 0 Å². The van der Waals surface area contributed by atoms with Crippen LogP contribution in [0, 0.1) is 0 Å². The van der Waals surface area contributed by atoms with Crippen molar-refractivity contribution in [3.8, 4) is 0 Å². The second kappa shape index (κ2) is 11.7. The monoisotopic (exact) mass is 450 g/mol. The summed E-state index contributed by atoms with van der Waals surface area (Å²) in [5.74, 6) is 10.6. The zero-order valence-electron chi connectivity index (χ0n) is 16.8. The summed E-state index contributed by atoms with van der Waals surface area (Å²) in [7, 11) is -4.00. The molecule has 0 aliphatic carbocycles. The highest BCUT2D eigenvalue weighted by Crippen LogP contribution is 2.42. The molecular weight excluding hydrogens is 426 g/mol. The Hall–Kier alpha value is -2.62. The Balaban J connectivity index is 0.000000176. The SMILES string of the molecule is NOP(=O)(c1ccccc1)c1ccccc1.NOP(c1ccccc1)c1ccccc1. The van der Waals surface area contributed by atoms with Crippen LogP contribution in [0.5, 0.6) is 0 Å². The van der Waals surface area contributed by atoms with Crippen molar-refractivity contribution in [1.29, 1.82) is 0 Å². The topological polar surface area (TPSA) is 87.6 Å². The molecule has 0 bridgehead atoms. The summed E-state index contributed by atoms with van der Waals surface area (Å²) in [6.07, 6.45) is 0. The van der Waals surface area contributed by atoms with Gasteiger partial charge in [0, 0.05) is 21.2 Å². The van der Waals surface area contributed by atoms with Gasteiger partial charge in [0.2, 0.25) is 0 Å². The van der Waals surface area contributed by atoms with Gasteiger partial charge in [-0.1, -0.05) is 97.1 Å². The van der Waals surface area contributed by atoms with Crippen LogP contribution in [0.1, 0.15) is 0 Å². The summed E-state index contributed by atoms with van der Waals surface area (Å²) in [5.41, 5.74) is 0. The van der Waals surface area contributed by atoms with E-state index in [1.807, 2.05) is 97.1 Å². The molecule has 4 rings (SSSR count). The van der Waals surface area contributed by atoms with E-state index >= 15 is 0 Å². The Kier molecular flexibility index (Phi) is 8.69. The number of rotatable bonds is 6. The van der Waals surface area contributed by atoms with E-state index in [2.05, 4.69) is 0 Å². The third-order valence-electron chi connectivity index (χ3n) is 4.43. The van der Waals surface area contributed by atoms with Crippen LogP contribution in [0.4, 0.5) is 0 Å². The van der Waals surface area contributed by atoms with Gasteiger partial charge >= 0.3 is 0 Å². The van der Waals surface area contributed by atoms with Crippen LogP contribution in [0.25, 0.3) is 0 Å². The molecule has 4 aromatic carbocycles. The quantitative estimate of drug-likeness (QED) is 0.345. The van der Waals surface area contributed by atoms with Crippen molar-refractivity contribution >= 4 is 36.7 Å². The molecule has 0 amide bonds. The minimum atomic E-state index is -3.13. The van der Waals surface area contributed by atoms with Crippen LogP contribution in [-0.2, 0) is 13.8 Å². The molecule has 0 saturated carbocycles. The van der Waals surface area contributed by atoms with E-state index < -0.39 is 15.5 Å². The highest BCUT2D eigenvalue weighted by Gasteiger charge is 2.27. The molecule has 0 aliphatic heterocycles. The maximum atomic E-state index is 12.6. The van der Waals surface area contributed by atoms with Crippen molar-refractivity contribution in [3.05, 3.63) is 121 Å². The lowest BCUT2D eigenvalue weighted by atomic mass is 10.4. The molecular formula is C24H24N2O3P2. The Bertz CT molecular complexity index is 1000. The second-order valence-electron chi connectivity index (χ2n) is 6.40. The maximum Gasteiger partial charge on any atom is 0.277 e. The highest BCUT2D eigenvalue weighted by atomic mass is 31.2. The molecule has 5 nitrogen and oxygen atoms in total. The van der Waals surface area contributed by atoms with E-state index in [9.17, 15) is 4.57 Å². The average Bonchev–Trinajstić information content (AvgIpc) is 2.87. The Labute approximate surface area is 183 Å². The molecule has 158 valence electrons. The molecule has 0 atom stereocenters. The molecule has 0 unspecified atom stereocenters. The molecule has 0 heterocycles. The summed E-state index contributed by atoms with van der Waals surface area (Å²) in [4.78, 5) is 0. The third kappa shape index (κ3) is 5.96. The Morgan fingerprint density at radius 2 is 0.871 bits per heavy atom. The lowest BCUT2D eigenvalue weighted by Crippen LogP contribution is -2.20. The van der Waals surface area contributed by atoms with Crippen LogP contribution in [-0.4, -0.2) is 0 Å². The van der Waals surface area contributed by atoms with Gasteiger partial charge < -0.3 is 0 Å². The molecule has 0 fully saturated rings. The van der Waals surface area contributed by atoms with E-state index in [0.29, 0.717) is 10.6 Å². The second-order valence-corrected chi connectivity index (χ2v) is 10.6. The lowest BCUT2D eigenvalue weighted by molar-refractivity contribution is 0.343. The summed E-state index contributed by atoms with van der Waals surface area (Å²) in [6.45, 7) is 0. The zero-order chi connectivity index (χ0) is 21.9. The van der Waals surface area contributed by atoms with Crippen LogP contribution >= 0.6 is 15.5 Å². The molecule has 0 radical (unpaired) electrons. The molecule has 0 aromatic heterocycles. The van der Waals surface area contributed by atoms with Gasteiger partial charge in [-0.2, -0.15) is 0 Å². The summed E-state index contributed by atoms with van der Waals surface area (Å²) in [6, 6.07) is 38.0. The predicted octanol–water partition coefficient (Wildman–Crippen LogP) is 3.73. The van der Waals surface area contributed by atoms with E-state index in [0.717, 1.165) is 10.6 Å². The summed E-state index contributed by atoms with van der Waals surface area (Å²) < 4.78 is 22.5. The minimum absolute atomic E-state index is 0.601. The van der Waals surface area contributed by atoms with Crippen molar-refractivity contribution in [1.82, 2.24) is 0 Å². The van der Waals surface area contributed by atoms with Gasteiger partial charge in [-0.05, 0) is 24.3 Å². The number of benzene rings is 4. The first-order chi connectivity index (χ1) is 15.2. The minimum Gasteiger partial charge on any atom is -0.281 e. The van der Waals surface area contributed by atoms with Gasteiger partial charge in [0.15, 0.2) is 0 Å². The van der Waals surface area contributed by atoms with E-state index in [1.54, 1.807) is 24.3 Å². The van der Waals surface area contributed by atoms with E-state index in [1.165, 1.54) is 0 Å². The molecule has 4 aromatic rings. The summed E-state index contributed by atoms with van der Waals surface area (Å²) >= 11 is 0. The smallest absolute Gasteiger partial charge is 0.277 e. The fraction of sp³-hybridized carbons (Fsp3) is 0. The summed E-state index contributed by atoms with van der Waals surface area (Å²) in [5, 5.41) is 3.45. The van der Waals surface area contributed by atoms with Gasteiger partial charge in [-0.25, -0.2) is 16.4 Å². The largest absolute Gasteiger partial charge is 0.281 e. The molecule has 0 spiro atoms. The molecule has 0 saturated heterocycles. The van der Waals surface area contributed by atoms with Gasteiger partial charge in [0.1, 0.15) is 8.15 Å². The van der Waals surface area contributed by atoms with Gasteiger partial charge in [0.05, 0.1) is 0 Å². The van der Waals surface area contributed by atoms with Crippen LogP contribution < -0.4 is 33.0 Å². The third-order valence-corrected chi connectivity index (χ3v) is 8.43. The first-order valence-electron chi connectivity index (χ1n) is 9.56. The normalized spacial score (nSPS) is 10.9. The van der Waals surface area contributed by atoms with Crippen molar-refractivity contribution < 1.29 is 13.8 Å². The standard InChI is InChI=1S/C12H12NO2P.C12H12NOP/c13-15-16(14,11-7-3-1-4-8-11)12-9-5-2-6-10-12;13-14-15(11-7-3-1-4-8-11)12-9-5-2-6-10-12/h1-10H,13H2;1-10H,13H2. The highest BCUT2D eigenvalue weighted by molar-refractivity contribution is 7.74. The number of nitrogens with two attached hydrogens (primary N) is 2. The predicted molar refractivity (Wildman–Crippen MR) is 129 cm³/mol. The molecule has 31 heavy (non-hydrogen) atoms. The van der Waals surface area contributed by atoms with Crippen molar-refractivity contribution in [2.45, 2.75) is 0 Å². The number of hydrogen-bond acceptors (Lipinski definition) is 5. The molecule has 4 N–H and O–H groups in total. The molecule has 7 heteroatoms. The number of hydrogen-bond donors (Lipinski definition) is 2. The van der Waals surface area contributed by atoms with Crippen LogP contribution in [0.15, 0.2) is 121 Å². The van der Waals surface area contributed by atoms with Crippen molar-refractivity contribution in [2.75, 3.05) is 0 Å². The zero-order valence-corrected chi connectivity index (χ0v) is 18.6. The first kappa shape index (κ1) is 23.1. The maximum absolute atomic E-state index is 12.6. The van der Waals surface area contributed by atoms with Crippen molar-refractivity contribution in [2.24, 2.45) is 11.8 Å². The molecule has 0 aliphatic rings. The Morgan fingerprint density at radius 3 is 1.16 bits per heavy atom. The van der Waals surface area contributed by atoms with Crippen LogP contribution in [0.3, 0.4) is 0 Å². The van der Waals surface area contributed by atoms with E-state index in [4.69, 9.17) is 21.0 Å². The van der Waals surface area contributed by atoms with Gasteiger partial charge in [0.25, 0.3) is 7.37 Å².